The Bertz CT molecular complexity index is 861. The fourth-order valence-electron chi connectivity index (χ4n) is 4.47. The monoisotopic (exact) mass is 334 g/mol. The highest BCUT2D eigenvalue weighted by Gasteiger charge is 2.47. The molecule has 1 fully saturated rings. The molecule has 1 aromatic heterocycles. The molecular weight excluding hydrogens is 312 g/mol. The van der Waals surface area contributed by atoms with Crippen LogP contribution in [0.15, 0.2) is 41.4 Å². The number of amides is 1. The van der Waals surface area contributed by atoms with Crippen molar-refractivity contribution in [3.63, 3.8) is 0 Å². The number of carbonyl (C=O) groups excluding carboxylic acids is 1. The second kappa shape index (κ2) is 5.22. The van der Waals surface area contributed by atoms with Gasteiger partial charge in [0.1, 0.15) is 5.69 Å². The number of nitrogens with zero attached hydrogens (tertiary/aromatic N) is 3. The van der Waals surface area contributed by atoms with Gasteiger partial charge in [-0.2, -0.15) is 0 Å². The number of fused-ring (bicyclic) bond motifs is 3. The van der Waals surface area contributed by atoms with Gasteiger partial charge in [-0.05, 0) is 24.5 Å². The predicted molar refractivity (Wildman–Crippen MR) is 98.1 cm³/mol. The molecule has 1 aliphatic carbocycles. The van der Waals surface area contributed by atoms with Crippen molar-refractivity contribution in [1.29, 1.82) is 0 Å². The number of benzene rings is 1. The third-order valence-corrected chi connectivity index (χ3v) is 5.76. The average Bonchev–Trinajstić information content (AvgIpc) is 3.33. The quantitative estimate of drug-likeness (QED) is 0.917. The van der Waals surface area contributed by atoms with Crippen LogP contribution in [0.25, 0.3) is 0 Å². The minimum atomic E-state index is 0.0133. The van der Waals surface area contributed by atoms with Crippen molar-refractivity contribution in [2.24, 2.45) is 4.99 Å². The molecule has 1 spiro atoms. The summed E-state index contributed by atoms with van der Waals surface area (Å²) in [7, 11) is 1.84. The summed E-state index contributed by atoms with van der Waals surface area (Å²) in [5.41, 5.74) is 4.03. The van der Waals surface area contributed by atoms with Crippen LogP contribution in [-0.4, -0.2) is 40.9 Å². The van der Waals surface area contributed by atoms with Gasteiger partial charge in [-0.1, -0.05) is 43.2 Å². The number of anilines is 1. The van der Waals surface area contributed by atoms with Crippen molar-refractivity contribution in [2.45, 2.75) is 37.6 Å². The Kier molecular flexibility index (Phi) is 3.08. The van der Waals surface area contributed by atoms with E-state index in [9.17, 15) is 4.79 Å². The normalized spacial score (nSPS) is 20.8. The van der Waals surface area contributed by atoms with Gasteiger partial charge in [0, 0.05) is 19.2 Å². The number of carbonyl (C=O) groups is 1. The minimum Gasteiger partial charge on any atom is -0.352 e. The van der Waals surface area contributed by atoms with Gasteiger partial charge in [-0.15, -0.1) is 0 Å². The average molecular weight is 334 g/mol. The number of hydrogen-bond acceptors (Lipinski definition) is 3. The van der Waals surface area contributed by atoms with E-state index in [4.69, 9.17) is 4.99 Å². The number of hydrogen-bond donors (Lipinski definition) is 1. The Morgan fingerprint density at radius 2 is 1.96 bits per heavy atom. The molecule has 1 amide bonds. The van der Waals surface area contributed by atoms with E-state index in [0.29, 0.717) is 5.69 Å². The molecule has 0 saturated heterocycles. The molecule has 3 heterocycles. The number of aromatic amines is 1. The molecule has 0 bridgehead atoms. The van der Waals surface area contributed by atoms with Crippen LogP contribution in [-0.2, 0) is 6.42 Å². The molecule has 5 heteroatoms. The molecule has 5 rings (SSSR count). The summed E-state index contributed by atoms with van der Waals surface area (Å²) in [6.07, 6.45) is 5.54. The molecule has 1 saturated carbocycles. The molecule has 5 nitrogen and oxygen atoms in total. The SMILES string of the molecule is CN1C(=O)c2[nH]c(Cc3ccccc3)cc2N2CC3(CCCC3)N=C12. The fourth-order valence-corrected chi connectivity index (χ4v) is 4.47. The lowest BCUT2D eigenvalue weighted by Gasteiger charge is -2.31. The van der Waals surface area contributed by atoms with Crippen molar-refractivity contribution in [1.82, 2.24) is 9.88 Å². The van der Waals surface area contributed by atoms with Crippen molar-refractivity contribution in [2.75, 3.05) is 18.5 Å². The summed E-state index contributed by atoms with van der Waals surface area (Å²) in [5, 5.41) is 0. The van der Waals surface area contributed by atoms with E-state index < -0.39 is 0 Å². The Balaban J connectivity index is 1.52. The zero-order valence-electron chi connectivity index (χ0n) is 14.5. The van der Waals surface area contributed by atoms with Gasteiger partial charge in [0.05, 0.1) is 17.8 Å². The standard InChI is InChI=1S/C20H22N4O/c1-23-18(25)17-16(12-15(21-17)11-14-7-3-2-4-8-14)24-13-20(22-19(23)24)9-5-6-10-20/h2-4,7-8,12,21H,5-6,9-11,13H2,1H3. The van der Waals surface area contributed by atoms with Crippen molar-refractivity contribution >= 4 is 17.6 Å². The van der Waals surface area contributed by atoms with Crippen LogP contribution in [0.4, 0.5) is 5.69 Å². The lowest BCUT2D eigenvalue weighted by atomic mass is 9.99. The molecule has 0 atom stereocenters. The molecule has 2 aliphatic heterocycles. The number of H-pyrrole nitrogens is 1. The first-order chi connectivity index (χ1) is 12.2. The first-order valence-corrected chi connectivity index (χ1v) is 9.07. The largest absolute Gasteiger partial charge is 0.352 e. The summed E-state index contributed by atoms with van der Waals surface area (Å²) in [4.78, 5) is 25.1. The van der Waals surface area contributed by atoms with Crippen molar-refractivity contribution in [3.05, 3.63) is 53.3 Å². The molecule has 2 aromatic rings. The lowest BCUT2D eigenvalue weighted by molar-refractivity contribution is 0.0860. The third-order valence-electron chi connectivity index (χ3n) is 5.76. The maximum absolute atomic E-state index is 12.8. The van der Waals surface area contributed by atoms with E-state index >= 15 is 0 Å². The molecule has 1 aromatic carbocycles. The highest BCUT2D eigenvalue weighted by atomic mass is 16.2. The molecular formula is C20H22N4O. The summed E-state index contributed by atoms with van der Waals surface area (Å²) >= 11 is 0. The number of rotatable bonds is 2. The van der Waals surface area contributed by atoms with E-state index in [1.807, 2.05) is 25.2 Å². The second-order valence-electron chi connectivity index (χ2n) is 7.51. The summed E-state index contributed by atoms with van der Waals surface area (Å²) in [6.45, 7) is 0.898. The van der Waals surface area contributed by atoms with Crippen LogP contribution in [0.2, 0.25) is 0 Å². The molecule has 128 valence electrons. The van der Waals surface area contributed by atoms with Gasteiger partial charge >= 0.3 is 0 Å². The Morgan fingerprint density at radius 3 is 2.72 bits per heavy atom. The Morgan fingerprint density at radius 1 is 1.20 bits per heavy atom. The predicted octanol–water partition coefficient (Wildman–Crippen LogP) is 3.18. The third kappa shape index (κ3) is 2.22. The van der Waals surface area contributed by atoms with Crippen LogP contribution in [0.3, 0.4) is 0 Å². The van der Waals surface area contributed by atoms with Crippen molar-refractivity contribution in [3.8, 4) is 0 Å². The van der Waals surface area contributed by atoms with Crippen molar-refractivity contribution < 1.29 is 4.79 Å². The summed E-state index contributed by atoms with van der Waals surface area (Å²) < 4.78 is 0. The zero-order valence-corrected chi connectivity index (χ0v) is 14.5. The van der Waals surface area contributed by atoms with E-state index in [0.717, 1.165) is 43.1 Å². The maximum Gasteiger partial charge on any atom is 0.278 e. The van der Waals surface area contributed by atoms with Gasteiger partial charge in [0.15, 0.2) is 0 Å². The van der Waals surface area contributed by atoms with E-state index in [1.54, 1.807) is 4.90 Å². The highest BCUT2D eigenvalue weighted by molar-refractivity contribution is 6.18. The minimum absolute atomic E-state index is 0.0133. The lowest BCUT2D eigenvalue weighted by Crippen LogP contribution is -2.48. The smallest absolute Gasteiger partial charge is 0.278 e. The number of guanidine groups is 1. The number of aromatic nitrogens is 1. The van der Waals surface area contributed by atoms with Crippen LogP contribution >= 0.6 is 0 Å². The van der Waals surface area contributed by atoms with Gasteiger partial charge in [-0.3, -0.25) is 9.69 Å². The van der Waals surface area contributed by atoms with Gasteiger partial charge in [0.2, 0.25) is 5.96 Å². The van der Waals surface area contributed by atoms with Crippen LogP contribution in [0, 0.1) is 0 Å². The second-order valence-corrected chi connectivity index (χ2v) is 7.51. The summed E-state index contributed by atoms with van der Waals surface area (Å²) in [5.74, 6) is 0.837. The topological polar surface area (TPSA) is 51.7 Å². The van der Waals surface area contributed by atoms with E-state index in [1.165, 1.54) is 18.4 Å². The zero-order chi connectivity index (χ0) is 17.0. The molecule has 25 heavy (non-hydrogen) atoms. The van der Waals surface area contributed by atoms with Crippen LogP contribution in [0.1, 0.15) is 47.4 Å². The van der Waals surface area contributed by atoms with Gasteiger partial charge in [-0.25, -0.2) is 4.99 Å². The molecule has 0 radical (unpaired) electrons. The molecule has 1 N–H and O–H groups in total. The van der Waals surface area contributed by atoms with E-state index in [2.05, 4.69) is 28.1 Å². The first-order valence-electron chi connectivity index (χ1n) is 9.07. The summed E-state index contributed by atoms with van der Waals surface area (Å²) in [6, 6.07) is 12.5. The highest BCUT2D eigenvalue weighted by Crippen LogP contribution is 2.42. The molecule has 3 aliphatic rings. The maximum atomic E-state index is 12.8. The fraction of sp³-hybridized carbons (Fsp3) is 0.400. The van der Waals surface area contributed by atoms with E-state index in [-0.39, 0.29) is 11.4 Å². The number of nitrogens with one attached hydrogen (secondary N) is 1. The van der Waals surface area contributed by atoms with Gasteiger partial charge in [0.25, 0.3) is 5.91 Å². The van der Waals surface area contributed by atoms with Gasteiger partial charge < -0.3 is 9.88 Å². The number of aliphatic imine (C=N–C) groups is 1. The van der Waals surface area contributed by atoms with Crippen LogP contribution in [0.5, 0.6) is 0 Å². The first kappa shape index (κ1) is 14.8. The van der Waals surface area contributed by atoms with Crippen LogP contribution < -0.4 is 4.90 Å². The Labute approximate surface area is 147 Å². The Hall–Kier alpha value is -2.56. The molecule has 0 unspecified atom stereocenters.